The molecule has 2 rings (SSSR count). The van der Waals surface area contributed by atoms with Crippen LogP contribution in [0.15, 0.2) is 6.07 Å². The van der Waals surface area contributed by atoms with Crippen molar-refractivity contribution in [3.63, 3.8) is 0 Å². The van der Waals surface area contributed by atoms with Crippen molar-refractivity contribution >= 4 is 17.6 Å². The smallest absolute Gasteiger partial charge is 0.307 e. The molecule has 0 spiro atoms. The van der Waals surface area contributed by atoms with E-state index in [0.717, 1.165) is 11.1 Å². The Morgan fingerprint density at radius 3 is 2.79 bits per heavy atom. The van der Waals surface area contributed by atoms with E-state index in [0.29, 0.717) is 18.0 Å². The van der Waals surface area contributed by atoms with E-state index in [9.17, 15) is 9.90 Å². The van der Waals surface area contributed by atoms with Crippen LogP contribution >= 0.6 is 11.6 Å². The number of carboxylic acid groups (broad SMARTS) is 1. The molecule has 2 unspecified atom stereocenters. The number of ether oxygens (including phenoxy) is 1. The Kier molecular flexibility index (Phi) is 3.87. The fourth-order valence-electron chi connectivity index (χ4n) is 2.52. The van der Waals surface area contributed by atoms with Gasteiger partial charge in [-0.05, 0) is 30.5 Å². The van der Waals surface area contributed by atoms with Crippen molar-refractivity contribution < 1.29 is 19.7 Å². The van der Waals surface area contributed by atoms with E-state index < -0.39 is 11.9 Å². The number of nitrogens with one attached hydrogen (secondary N) is 1. The molecule has 3 N–H and O–H groups in total. The van der Waals surface area contributed by atoms with Gasteiger partial charge < -0.3 is 20.3 Å². The first kappa shape index (κ1) is 14.0. The first-order valence-corrected chi connectivity index (χ1v) is 6.35. The second-order valence-electron chi connectivity index (χ2n) is 4.71. The van der Waals surface area contributed by atoms with E-state index in [1.165, 1.54) is 7.11 Å². The van der Waals surface area contributed by atoms with Gasteiger partial charge in [0.15, 0.2) is 11.5 Å². The Hall–Kier alpha value is -1.46. The van der Waals surface area contributed by atoms with Gasteiger partial charge >= 0.3 is 5.97 Å². The molecule has 1 fully saturated rings. The lowest BCUT2D eigenvalue weighted by Gasteiger charge is -2.18. The highest BCUT2D eigenvalue weighted by molar-refractivity contribution is 6.33. The third kappa shape index (κ3) is 2.48. The number of rotatable bonds is 3. The Bertz CT molecular complexity index is 518. The molecule has 6 heteroatoms. The molecule has 5 nitrogen and oxygen atoms in total. The number of carbonyl (C=O) groups is 1. The molecule has 1 heterocycles. The molecule has 0 aliphatic carbocycles. The number of phenols is 1. The third-order valence-corrected chi connectivity index (χ3v) is 3.85. The minimum atomic E-state index is -0.811. The summed E-state index contributed by atoms with van der Waals surface area (Å²) in [5.74, 6) is -1.01. The van der Waals surface area contributed by atoms with Gasteiger partial charge in [-0.25, -0.2) is 0 Å². The standard InChI is InChI=1S/C13H16ClNO4/c1-6-3-9(16)12(19-2)11(14)10(6)8-4-7(5-15-8)13(17)18/h3,7-8,15-16H,4-5H2,1-2H3,(H,17,18). The second-order valence-corrected chi connectivity index (χ2v) is 5.08. The number of carboxylic acids is 1. The fraction of sp³-hybridized carbons (Fsp3) is 0.462. The first-order chi connectivity index (χ1) is 8.95. The Morgan fingerprint density at radius 2 is 2.26 bits per heavy atom. The number of hydrogen-bond acceptors (Lipinski definition) is 4. The molecule has 1 saturated heterocycles. The average Bonchev–Trinajstić information content (AvgIpc) is 2.78. The van der Waals surface area contributed by atoms with Crippen LogP contribution in [0, 0.1) is 12.8 Å². The molecule has 0 amide bonds. The van der Waals surface area contributed by atoms with Crippen LogP contribution in [0.1, 0.15) is 23.6 Å². The summed E-state index contributed by atoms with van der Waals surface area (Å²) >= 11 is 6.25. The molecule has 19 heavy (non-hydrogen) atoms. The zero-order valence-electron chi connectivity index (χ0n) is 10.7. The van der Waals surface area contributed by atoms with Crippen molar-refractivity contribution in [2.24, 2.45) is 5.92 Å². The summed E-state index contributed by atoms with van der Waals surface area (Å²) < 4.78 is 5.08. The molecular formula is C13H16ClNO4. The lowest BCUT2D eigenvalue weighted by atomic mass is 9.96. The molecule has 0 radical (unpaired) electrons. The number of aromatic hydroxyl groups is 1. The van der Waals surface area contributed by atoms with Gasteiger partial charge in [0, 0.05) is 12.6 Å². The summed E-state index contributed by atoms with van der Waals surface area (Å²) in [6.07, 6.45) is 0.476. The van der Waals surface area contributed by atoms with Crippen LogP contribution in [0.4, 0.5) is 0 Å². The van der Waals surface area contributed by atoms with Crippen molar-refractivity contribution in [2.45, 2.75) is 19.4 Å². The van der Waals surface area contributed by atoms with Gasteiger partial charge in [-0.2, -0.15) is 0 Å². The highest BCUT2D eigenvalue weighted by atomic mass is 35.5. The largest absolute Gasteiger partial charge is 0.504 e. The summed E-state index contributed by atoms with van der Waals surface area (Å²) in [6.45, 7) is 2.25. The van der Waals surface area contributed by atoms with Crippen LogP contribution in [0.25, 0.3) is 0 Å². The maximum absolute atomic E-state index is 11.0. The highest BCUT2D eigenvalue weighted by Crippen LogP contribution is 2.43. The molecular weight excluding hydrogens is 270 g/mol. The predicted molar refractivity (Wildman–Crippen MR) is 70.9 cm³/mol. The topological polar surface area (TPSA) is 78.8 Å². The zero-order chi connectivity index (χ0) is 14.2. The van der Waals surface area contributed by atoms with Crippen LogP contribution in [-0.4, -0.2) is 29.8 Å². The Morgan fingerprint density at radius 1 is 1.58 bits per heavy atom. The SMILES string of the molecule is COc1c(O)cc(C)c(C2CC(C(=O)O)CN2)c1Cl. The maximum Gasteiger partial charge on any atom is 0.307 e. The number of methoxy groups -OCH3 is 1. The molecule has 2 atom stereocenters. The second kappa shape index (κ2) is 5.27. The number of benzene rings is 1. The monoisotopic (exact) mass is 285 g/mol. The van der Waals surface area contributed by atoms with Gasteiger partial charge in [-0.15, -0.1) is 0 Å². The van der Waals surface area contributed by atoms with E-state index in [2.05, 4.69) is 5.32 Å². The van der Waals surface area contributed by atoms with E-state index in [-0.39, 0.29) is 17.5 Å². The number of phenolic OH excluding ortho intramolecular Hbond substituents is 1. The average molecular weight is 286 g/mol. The maximum atomic E-state index is 11.0. The normalized spacial score (nSPS) is 22.5. The van der Waals surface area contributed by atoms with E-state index in [4.69, 9.17) is 21.4 Å². The summed E-state index contributed by atoms with van der Waals surface area (Å²) in [7, 11) is 1.43. The quantitative estimate of drug-likeness (QED) is 0.793. The minimum Gasteiger partial charge on any atom is -0.504 e. The molecule has 1 aromatic carbocycles. The third-order valence-electron chi connectivity index (χ3n) is 3.48. The summed E-state index contributed by atoms with van der Waals surface area (Å²) in [4.78, 5) is 11.0. The summed E-state index contributed by atoms with van der Waals surface area (Å²) in [6, 6.07) is 1.44. The molecule has 104 valence electrons. The van der Waals surface area contributed by atoms with Gasteiger partial charge in [0.25, 0.3) is 0 Å². The van der Waals surface area contributed by atoms with E-state index in [1.54, 1.807) is 6.07 Å². The fourth-order valence-corrected chi connectivity index (χ4v) is 2.98. The van der Waals surface area contributed by atoms with Crippen molar-refractivity contribution in [3.8, 4) is 11.5 Å². The molecule has 0 saturated carbocycles. The van der Waals surface area contributed by atoms with Crippen molar-refractivity contribution in [1.82, 2.24) is 5.32 Å². The lowest BCUT2D eigenvalue weighted by Crippen LogP contribution is -2.17. The molecule has 1 aliphatic heterocycles. The number of aliphatic carboxylic acids is 1. The number of halogens is 1. The molecule has 1 aliphatic rings. The van der Waals surface area contributed by atoms with Gasteiger partial charge in [-0.1, -0.05) is 11.6 Å². The minimum absolute atomic E-state index is 0.0125. The number of hydrogen-bond donors (Lipinski definition) is 3. The van der Waals surface area contributed by atoms with Crippen LogP contribution in [0.5, 0.6) is 11.5 Å². The Balaban J connectivity index is 2.38. The van der Waals surface area contributed by atoms with Crippen LogP contribution in [-0.2, 0) is 4.79 Å². The number of aryl methyl sites for hydroxylation is 1. The Labute approximate surface area is 116 Å². The van der Waals surface area contributed by atoms with Gasteiger partial charge in [0.2, 0.25) is 0 Å². The molecule has 0 bridgehead atoms. The predicted octanol–water partition coefficient (Wildman–Crippen LogP) is 2.10. The van der Waals surface area contributed by atoms with Crippen molar-refractivity contribution in [1.29, 1.82) is 0 Å². The highest BCUT2D eigenvalue weighted by Gasteiger charge is 2.33. The van der Waals surface area contributed by atoms with Crippen LogP contribution < -0.4 is 10.1 Å². The summed E-state index contributed by atoms with van der Waals surface area (Å²) in [5, 5.41) is 22.3. The van der Waals surface area contributed by atoms with Gasteiger partial charge in [0.05, 0.1) is 18.1 Å². The van der Waals surface area contributed by atoms with E-state index >= 15 is 0 Å². The first-order valence-electron chi connectivity index (χ1n) is 5.97. The molecule has 0 aromatic heterocycles. The van der Waals surface area contributed by atoms with Crippen LogP contribution in [0.2, 0.25) is 5.02 Å². The van der Waals surface area contributed by atoms with Gasteiger partial charge in [0.1, 0.15) is 0 Å². The summed E-state index contributed by atoms with van der Waals surface area (Å²) in [5.41, 5.74) is 1.60. The van der Waals surface area contributed by atoms with Crippen LogP contribution in [0.3, 0.4) is 0 Å². The van der Waals surface area contributed by atoms with Crippen molar-refractivity contribution in [3.05, 3.63) is 22.2 Å². The van der Waals surface area contributed by atoms with Gasteiger partial charge in [-0.3, -0.25) is 4.79 Å². The molecule has 1 aromatic rings. The lowest BCUT2D eigenvalue weighted by molar-refractivity contribution is -0.141. The zero-order valence-corrected chi connectivity index (χ0v) is 11.5. The van der Waals surface area contributed by atoms with E-state index in [1.807, 2.05) is 6.92 Å². The van der Waals surface area contributed by atoms with Crippen molar-refractivity contribution in [2.75, 3.05) is 13.7 Å².